The van der Waals surface area contributed by atoms with Crippen molar-refractivity contribution in [3.63, 3.8) is 0 Å². The van der Waals surface area contributed by atoms with Crippen molar-refractivity contribution in [1.82, 2.24) is 14.2 Å². The van der Waals surface area contributed by atoms with Gasteiger partial charge in [-0.05, 0) is 49.4 Å². The number of nitrogens with zero attached hydrogens (tertiary/aromatic N) is 3. The fourth-order valence-electron chi connectivity index (χ4n) is 3.41. The summed E-state index contributed by atoms with van der Waals surface area (Å²) in [5.41, 5.74) is 2.28. The molecule has 0 atom stereocenters. The number of fused-ring (bicyclic) bond motifs is 1. The topological polar surface area (TPSA) is 70.6 Å². The van der Waals surface area contributed by atoms with E-state index in [-0.39, 0.29) is 23.9 Å². The zero-order chi connectivity index (χ0) is 20.6. The number of amides is 1. The number of halogens is 1. The molecule has 1 aromatic heterocycles. The SMILES string of the molecule is Cc1ccc(S(=O)(=O)N2CCN(C(=O)c3ccc4nc(Cl)ccc4c3)CC2)cc1. The van der Waals surface area contributed by atoms with Gasteiger partial charge in [0.25, 0.3) is 5.91 Å². The van der Waals surface area contributed by atoms with Gasteiger partial charge >= 0.3 is 0 Å². The first-order valence-corrected chi connectivity index (χ1v) is 11.1. The van der Waals surface area contributed by atoms with E-state index in [1.807, 2.05) is 13.0 Å². The van der Waals surface area contributed by atoms with Crippen molar-refractivity contribution in [3.05, 3.63) is 70.9 Å². The van der Waals surface area contributed by atoms with E-state index in [0.717, 1.165) is 16.5 Å². The van der Waals surface area contributed by atoms with Crippen molar-refractivity contribution in [2.24, 2.45) is 0 Å². The number of carbonyl (C=O) groups excluding carboxylic acids is 1. The minimum Gasteiger partial charge on any atom is -0.336 e. The second-order valence-electron chi connectivity index (χ2n) is 7.05. The Labute approximate surface area is 174 Å². The highest BCUT2D eigenvalue weighted by Crippen LogP contribution is 2.21. The van der Waals surface area contributed by atoms with Crippen LogP contribution >= 0.6 is 11.6 Å². The van der Waals surface area contributed by atoms with Crippen LogP contribution in [0.3, 0.4) is 0 Å². The highest BCUT2D eigenvalue weighted by atomic mass is 35.5. The first kappa shape index (κ1) is 19.8. The molecule has 1 fully saturated rings. The van der Waals surface area contributed by atoms with Gasteiger partial charge in [0.2, 0.25) is 10.0 Å². The highest BCUT2D eigenvalue weighted by molar-refractivity contribution is 7.89. The van der Waals surface area contributed by atoms with Crippen molar-refractivity contribution in [2.75, 3.05) is 26.2 Å². The van der Waals surface area contributed by atoms with Crippen LogP contribution < -0.4 is 0 Å². The summed E-state index contributed by atoms with van der Waals surface area (Å²) in [5.74, 6) is -0.116. The Morgan fingerprint density at radius 3 is 2.34 bits per heavy atom. The molecule has 1 amide bonds. The van der Waals surface area contributed by atoms with Crippen LogP contribution in [0.4, 0.5) is 0 Å². The number of pyridine rings is 1. The van der Waals surface area contributed by atoms with Gasteiger partial charge in [-0.25, -0.2) is 13.4 Å². The number of piperazine rings is 1. The van der Waals surface area contributed by atoms with E-state index < -0.39 is 10.0 Å². The van der Waals surface area contributed by atoms with Crippen molar-refractivity contribution in [1.29, 1.82) is 0 Å². The minimum absolute atomic E-state index is 0.116. The molecule has 1 saturated heterocycles. The molecule has 2 aromatic carbocycles. The number of rotatable bonds is 3. The van der Waals surface area contributed by atoms with Crippen LogP contribution in [0.1, 0.15) is 15.9 Å². The molecule has 0 saturated carbocycles. The number of benzene rings is 2. The maximum absolute atomic E-state index is 12.9. The number of carbonyl (C=O) groups is 1. The van der Waals surface area contributed by atoms with Crippen molar-refractivity contribution < 1.29 is 13.2 Å². The largest absolute Gasteiger partial charge is 0.336 e. The van der Waals surface area contributed by atoms with Crippen LogP contribution in [0.5, 0.6) is 0 Å². The van der Waals surface area contributed by atoms with Crippen LogP contribution in [-0.2, 0) is 10.0 Å². The number of sulfonamides is 1. The van der Waals surface area contributed by atoms with Gasteiger partial charge in [-0.3, -0.25) is 4.79 Å². The molecule has 2 heterocycles. The quantitative estimate of drug-likeness (QED) is 0.599. The number of aromatic nitrogens is 1. The highest BCUT2D eigenvalue weighted by Gasteiger charge is 2.30. The number of aryl methyl sites for hydroxylation is 1. The van der Waals surface area contributed by atoms with Gasteiger partial charge in [0.05, 0.1) is 10.4 Å². The summed E-state index contributed by atoms with van der Waals surface area (Å²) in [6.45, 7) is 3.15. The summed E-state index contributed by atoms with van der Waals surface area (Å²) in [7, 11) is -3.55. The number of hydrogen-bond acceptors (Lipinski definition) is 4. The van der Waals surface area contributed by atoms with Crippen LogP contribution in [0.2, 0.25) is 5.15 Å². The van der Waals surface area contributed by atoms with E-state index in [1.54, 1.807) is 53.4 Å². The summed E-state index contributed by atoms with van der Waals surface area (Å²) >= 11 is 5.91. The van der Waals surface area contributed by atoms with Crippen molar-refractivity contribution in [3.8, 4) is 0 Å². The minimum atomic E-state index is -3.55. The molecule has 0 unspecified atom stereocenters. The standard InChI is InChI=1S/C21H20ClN3O3S/c1-15-2-6-18(7-3-15)29(27,28)25-12-10-24(11-13-25)21(26)17-4-8-19-16(14-17)5-9-20(22)23-19/h2-9,14H,10-13H2,1H3. The summed E-state index contributed by atoms with van der Waals surface area (Å²) in [6.07, 6.45) is 0. The van der Waals surface area contributed by atoms with Crippen molar-refractivity contribution in [2.45, 2.75) is 11.8 Å². The maximum Gasteiger partial charge on any atom is 0.253 e. The summed E-state index contributed by atoms with van der Waals surface area (Å²) in [6, 6.07) is 15.6. The second kappa shape index (κ2) is 7.74. The van der Waals surface area contributed by atoms with Crippen molar-refractivity contribution >= 4 is 38.4 Å². The first-order chi connectivity index (χ1) is 13.8. The fourth-order valence-corrected chi connectivity index (χ4v) is 4.98. The molecule has 6 nitrogen and oxygen atoms in total. The average Bonchev–Trinajstić information content (AvgIpc) is 2.73. The third-order valence-electron chi connectivity index (χ3n) is 5.09. The summed E-state index contributed by atoms with van der Waals surface area (Å²) in [5, 5.41) is 1.24. The number of hydrogen-bond donors (Lipinski definition) is 0. The lowest BCUT2D eigenvalue weighted by atomic mass is 10.1. The Hall–Kier alpha value is -2.48. The zero-order valence-corrected chi connectivity index (χ0v) is 17.4. The summed E-state index contributed by atoms with van der Waals surface area (Å²) in [4.78, 5) is 19.1. The molecule has 1 aliphatic heterocycles. The fraction of sp³-hybridized carbons (Fsp3) is 0.238. The second-order valence-corrected chi connectivity index (χ2v) is 9.38. The van der Waals surface area contributed by atoms with E-state index >= 15 is 0 Å². The molecule has 0 bridgehead atoms. The molecular weight excluding hydrogens is 410 g/mol. The van der Waals surface area contributed by atoms with Gasteiger partial charge in [0.1, 0.15) is 5.15 Å². The van der Waals surface area contributed by atoms with Gasteiger partial charge in [-0.2, -0.15) is 4.31 Å². The molecule has 29 heavy (non-hydrogen) atoms. The molecule has 0 spiro atoms. The Bertz CT molecular complexity index is 1170. The molecule has 8 heteroatoms. The Morgan fingerprint density at radius 1 is 0.966 bits per heavy atom. The van der Waals surface area contributed by atoms with E-state index in [9.17, 15) is 13.2 Å². The maximum atomic E-state index is 12.9. The predicted molar refractivity (Wildman–Crippen MR) is 113 cm³/mol. The predicted octanol–water partition coefficient (Wildman–Crippen LogP) is 3.34. The van der Waals surface area contributed by atoms with Gasteiger partial charge in [0.15, 0.2) is 0 Å². The zero-order valence-electron chi connectivity index (χ0n) is 15.9. The third-order valence-corrected chi connectivity index (χ3v) is 7.21. The molecule has 1 aliphatic rings. The Kier molecular flexibility index (Phi) is 5.29. The van der Waals surface area contributed by atoms with Gasteiger partial charge in [-0.15, -0.1) is 0 Å². The third kappa shape index (κ3) is 3.99. The van der Waals surface area contributed by atoms with Crippen LogP contribution in [0.25, 0.3) is 10.9 Å². The molecule has 150 valence electrons. The molecule has 0 N–H and O–H groups in total. The van der Waals surface area contributed by atoms with E-state index in [0.29, 0.717) is 23.8 Å². The Morgan fingerprint density at radius 2 is 1.66 bits per heavy atom. The summed E-state index contributed by atoms with van der Waals surface area (Å²) < 4.78 is 27.1. The smallest absolute Gasteiger partial charge is 0.253 e. The normalized spacial score (nSPS) is 15.6. The molecule has 3 aromatic rings. The van der Waals surface area contributed by atoms with Crippen LogP contribution in [0, 0.1) is 6.92 Å². The molecular formula is C21H20ClN3O3S. The lowest BCUT2D eigenvalue weighted by Crippen LogP contribution is -2.50. The van der Waals surface area contributed by atoms with Gasteiger partial charge in [0, 0.05) is 37.1 Å². The average molecular weight is 430 g/mol. The van der Waals surface area contributed by atoms with E-state index in [4.69, 9.17) is 11.6 Å². The Balaban J connectivity index is 1.47. The van der Waals surface area contributed by atoms with Crippen LogP contribution in [-0.4, -0.2) is 54.7 Å². The molecule has 4 rings (SSSR count). The van der Waals surface area contributed by atoms with E-state index in [1.165, 1.54) is 4.31 Å². The molecule has 0 radical (unpaired) electrons. The van der Waals surface area contributed by atoms with E-state index in [2.05, 4.69) is 4.98 Å². The molecule has 0 aliphatic carbocycles. The lowest BCUT2D eigenvalue weighted by molar-refractivity contribution is 0.0698. The van der Waals surface area contributed by atoms with Gasteiger partial charge < -0.3 is 4.90 Å². The monoisotopic (exact) mass is 429 g/mol. The van der Waals surface area contributed by atoms with Gasteiger partial charge in [-0.1, -0.05) is 29.3 Å². The van der Waals surface area contributed by atoms with Crippen LogP contribution in [0.15, 0.2) is 59.5 Å². The first-order valence-electron chi connectivity index (χ1n) is 9.27. The lowest BCUT2D eigenvalue weighted by Gasteiger charge is -2.34.